The molecule has 1 unspecified atom stereocenters. The third kappa shape index (κ3) is 3.45. The van der Waals surface area contributed by atoms with Gasteiger partial charge in [-0.05, 0) is 38.5 Å². The van der Waals surface area contributed by atoms with E-state index in [1.807, 2.05) is 20.8 Å². The second kappa shape index (κ2) is 5.52. The van der Waals surface area contributed by atoms with Gasteiger partial charge in [-0.25, -0.2) is 0 Å². The standard InChI is InChI=1S/C13H23NO3/c1-4-13(5-2,12(16)17)8-11(15)14-9(3)10-6-7-10/h9-10H,4-8H2,1-3H3,(H,14,15)(H,16,17). The first-order chi connectivity index (χ1) is 7.95. The molecule has 0 spiro atoms. The van der Waals surface area contributed by atoms with Gasteiger partial charge in [-0.2, -0.15) is 0 Å². The lowest BCUT2D eigenvalue weighted by Crippen LogP contribution is -2.40. The summed E-state index contributed by atoms with van der Waals surface area (Å²) in [5.74, 6) is -0.395. The molecule has 1 amide bonds. The minimum Gasteiger partial charge on any atom is -0.481 e. The Hall–Kier alpha value is -1.06. The molecule has 0 radical (unpaired) electrons. The topological polar surface area (TPSA) is 66.4 Å². The van der Waals surface area contributed by atoms with Crippen LogP contribution in [-0.4, -0.2) is 23.0 Å². The Morgan fingerprint density at radius 2 is 1.88 bits per heavy atom. The minimum absolute atomic E-state index is 0.0897. The van der Waals surface area contributed by atoms with E-state index in [9.17, 15) is 14.7 Å². The van der Waals surface area contributed by atoms with Crippen LogP contribution in [0.2, 0.25) is 0 Å². The third-order valence-electron chi connectivity index (χ3n) is 4.02. The molecule has 98 valence electrons. The van der Waals surface area contributed by atoms with Crippen LogP contribution in [0.25, 0.3) is 0 Å². The average Bonchev–Trinajstić information content (AvgIpc) is 3.09. The quantitative estimate of drug-likeness (QED) is 0.718. The third-order valence-corrected chi connectivity index (χ3v) is 4.02. The van der Waals surface area contributed by atoms with Crippen LogP contribution < -0.4 is 5.32 Å². The van der Waals surface area contributed by atoms with E-state index < -0.39 is 11.4 Å². The Balaban J connectivity index is 2.54. The number of carbonyl (C=O) groups is 2. The van der Waals surface area contributed by atoms with Gasteiger partial charge in [0.1, 0.15) is 0 Å². The van der Waals surface area contributed by atoms with E-state index in [-0.39, 0.29) is 18.4 Å². The zero-order chi connectivity index (χ0) is 13.1. The monoisotopic (exact) mass is 241 g/mol. The van der Waals surface area contributed by atoms with Crippen molar-refractivity contribution >= 4 is 11.9 Å². The summed E-state index contributed by atoms with van der Waals surface area (Å²) < 4.78 is 0. The highest BCUT2D eigenvalue weighted by atomic mass is 16.4. The molecule has 4 nitrogen and oxygen atoms in total. The van der Waals surface area contributed by atoms with Crippen molar-refractivity contribution in [3.05, 3.63) is 0 Å². The second-order valence-corrected chi connectivity index (χ2v) is 5.16. The number of hydrogen-bond acceptors (Lipinski definition) is 2. The van der Waals surface area contributed by atoms with Crippen LogP contribution in [0, 0.1) is 11.3 Å². The molecular weight excluding hydrogens is 218 g/mol. The van der Waals surface area contributed by atoms with Crippen molar-refractivity contribution < 1.29 is 14.7 Å². The molecule has 0 aromatic heterocycles. The zero-order valence-corrected chi connectivity index (χ0v) is 11.0. The normalized spacial score (nSPS) is 17.6. The maximum atomic E-state index is 11.8. The van der Waals surface area contributed by atoms with Crippen molar-refractivity contribution in [3.8, 4) is 0 Å². The molecule has 0 aromatic rings. The molecule has 2 N–H and O–H groups in total. The van der Waals surface area contributed by atoms with Gasteiger partial charge in [0.2, 0.25) is 5.91 Å². The van der Waals surface area contributed by atoms with E-state index >= 15 is 0 Å². The molecule has 0 bridgehead atoms. The molecule has 1 saturated carbocycles. The van der Waals surface area contributed by atoms with Crippen molar-refractivity contribution in [3.63, 3.8) is 0 Å². The van der Waals surface area contributed by atoms with E-state index in [1.54, 1.807) is 0 Å². The van der Waals surface area contributed by atoms with Crippen LogP contribution >= 0.6 is 0 Å². The molecular formula is C13H23NO3. The van der Waals surface area contributed by atoms with Crippen LogP contribution in [-0.2, 0) is 9.59 Å². The Morgan fingerprint density at radius 1 is 1.35 bits per heavy atom. The number of amides is 1. The molecule has 1 rings (SSSR count). The predicted molar refractivity (Wildman–Crippen MR) is 65.6 cm³/mol. The number of nitrogens with one attached hydrogen (secondary N) is 1. The summed E-state index contributed by atoms with van der Waals surface area (Å²) in [4.78, 5) is 23.1. The lowest BCUT2D eigenvalue weighted by Gasteiger charge is -2.26. The molecule has 0 aliphatic heterocycles. The highest BCUT2D eigenvalue weighted by molar-refractivity contribution is 5.85. The molecule has 0 aromatic carbocycles. The Labute approximate surface area is 103 Å². The number of aliphatic carboxylic acids is 1. The fourth-order valence-electron chi connectivity index (χ4n) is 2.20. The maximum absolute atomic E-state index is 11.8. The summed E-state index contributed by atoms with van der Waals surface area (Å²) in [7, 11) is 0. The highest BCUT2D eigenvalue weighted by Crippen LogP contribution is 2.34. The molecule has 1 atom stereocenters. The van der Waals surface area contributed by atoms with Crippen LogP contribution in [0.4, 0.5) is 0 Å². The van der Waals surface area contributed by atoms with Crippen LogP contribution in [0.3, 0.4) is 0 Å². The number of carbonyl (C=O) groups excluding carboxylic acids is 1. The van der Waals surface area contributed by atoms with Crippen molar-refractivity contribution in [2.45, 2.75) is 58.9 Å². The van der Waals surface area contributed by atoms with Gasteiger partial charge in [-0.15, -0.1) is 0 Å². The molecule has 4 heteroatoms. The van der Waals surface area contributed by atoms with Crippen molar-refractivity contribution in [2.75, 3.05) is 0 Å². The lowest BCUT2D eigenvalue weighted by atomic mass is 9.79. The summed E-state index contributed by atoms with van der Waals surface area (Å²) in [6, 6.07) is 0.183. The maximum Gasteiger partial charge on any atom is 0.310 e. The first kappa shape index (κ1) is 14.0. The van der Waals surface area contributed by atoms with E-state index in [0.29, 0.717) is 18.8 Å². The van der Waals surface area contributed by atoms with Gasteiger partial charge in [-0.3, -0.25) is 9.59 Å². The summed E-state index contributed by atoms with van der Waals surface area (Å²) in [5, 5.41) is 12.2. The number of carboxylic acids is 1. The van der Waals surface area contributed by atoms with Gasteiger partial charge in [0, 0.05) is 12.5 Å². The SMILES string of the molecule is CCC(CC)(CC(=O)NC(C)C1CC1)C(=O)O. The zero-order valence-electron chi connectivity index (χ0n) is 11.0. The van der Waals surface area contributed by atoms with Crippen LogP contribution in [0.15, 0.2) is 0 Å². The first-order valence-electron chi connectivity index (χ1n) is 6.48. The Morgan fingerprint density at radius 3 is 2.24 bits per heavy atom. The van der Waals surface area contributed by atoms with E-state index in [2.05, 4.69) is 5.32 Å². The van der Waals surface area contributed by atoms with Gasteiger partial charge >= 0.3 is 5.97 Å². The summed E-state index contributed by atoms with van der Waals surface area (Å²) in [6.07, 6.45) is 3.42. The van der Waals surface area contributed by atoms with Crippen LogP contribution in [0.1, 0.15) is 52.9 Å². The largest absolute Gasteiger partial charge is 0.481 e. The minimum atomic E-state index is -0.895. The van der Waals surface area contributed by atoms with E-state index in [4.69, 9.17) is 0 Å². The summed E-state index contributed by atoms with van der Waals surface area (Å²) >= 11 is 0. The lowest BCUT2D eigenvalue weighted by molar-refractivity contribution is -0.152. The Bertz CT molecular complexity index is 293. The van der Waals surface area contributed by atoms with Crippen molar-refractivity contribution in [1.82, 2.24) is 5.32 Å². The number of carboxylic acid groups (broad SMARTS) is 1. The van der Waals surface area contributed by atoms with Gasteiger partial charge < -0.3 is 10.4 Å². The predicted octanol–water partition coefficient (Wildman–Crippen LogP) is 2.18. The van der Waals surface area contributed by atoms with Gasteiger partial charge in [0.15, 0.2) is 0 Å². The van der Waals surface area contributed by atoms with Gasteiger partial charge in [0.25, 0.3) is 0 Å². The molecule has 0 saturated heterocycles. The Kier molecular flexibility index (Phi) is 4.54. The fourth-order valence-corrected chi connectivity index (χ4v) is 2.20. The summed E-state index contributed by atoms with van der Waals surface area (Å²) in [5.41, 5.74) is -0.895. The number of hydrogen-bond donors (Lipinski definition) is 2. The van der Waals surface area contributed by atoms with Crippen molar-refractivity contribution in [1.29, 1.82) is 0 Å². The molecule has 1 fully saturated rings. The van der Waals surface area contributed by atoms with E-state index in [0.717, 1.165) is 0 Å². The van der Waals surface area contributed by atoms with Gasteiger partial charge in [-0.1, -0.05) is 13.8 Å². The highest BCUT2D eigenvalue weighted by Gasteiger charge is 2.38. The van der Waals surface area contributed by atoms with Gasteiger partial charge in [0.05, 0.1) is 5.41 Å². The van der Waals surface area contributed by atoms with Crippen molar-refractivity contribution in [2.24, 2.45) is 11.3 Å². The smallest absolute Gasteiger partial charge is 0.310 e. The van der Waals surface area contributed by atoms with Crippen LogP contribution in [0.5, 0.6) is 0 Å². The molecule has 1 aliphatic carbocycles. The number of rotatable bonds is 7. The molecule has 0 heterocycles. The molecule has 17 heavy (non-hydrogen) atoms. The first-order valence-corrected chi connectivity index (χ1v) is 6.48. The second-order valence-electron chi connectivity index (χ2n) is 5.16. The van der Waals surface area contributed by atoms with E-state index in [1.165, 1.54) is 12.8 Å². The average molecular weight is 241 g/mol. The molecule has 1 aliphatic rings. The fraction of sp³-hybridized carbons (Fsp3) is 0.846. The summed E-state index contributed by atoms with van der Waals surface area (Å²) in [6.45, 7) is 5.65.